The van der Waals surface area contributed by atoms with E-state index in [0.717, 1.165) is 30.3 Å². The number of nitrogens with zero attached hydrogens (tertiary/aromatic N) is 1. The molecular weight excluding hydrogens is 212 g/mol. The second-order valence-corrected chi connectivity index (χ2v) is 4.74. The summed E-state index contributed by atoms with van der Waals surface area (Å²) in [7, 11) is 1.89. The fraction of sp³-hybridized carbons (Fsp3) is 0.500. The van der Waals surface area contributed by atoms with E-state index in [9.17, 15) is 4.79 Å². The first-order valence-corrected chi connectivity index (χ1v) is 6.30. The molecule has 1 aliphatic rings. The van der Waals surface area contributed by atoms with E-state index in [1.807, 2.05) is 36.2 Å². The van der Waals surface area contributed by atoms with E-state index < -0.39 is 0 Å². The van der Waals surface area contributed by atoms with Crippen LogP contribution in [0.5, 0.6) is 0 Å². The smallest absolute Gasteiger partial charge is 0.253 e. The molecule has 0 spiro atoms. The Balaban J connectivity index is 1.97. The Hall–Kier alpha value is -1.51. The molecule has 17 heavy (non-hydrogen) atoms. The monoisotopic (exact) mass is 232 g/mol. The Morgan fingerprint density at radius 2 is 2.00 bits per heavy atom. The van der Waals surface area contributed by atoms with Crippen LogP contribution in [0.3, 0.4) is 0 Å². The predicted molar refractivity (Wildman–Crippen MR) is 70.3 cm³/mol. The maximum absolute atomic E-state index is 12.1. The van der Waals surface area contributed by atoms with Crippen LogP contribution in [0.15, 0.2) is 24.3 Å². The second-order valence-electron chi connectivity index (χ2n) is 4.74. The summed E-state index contributed by atoms with van der Waals surface area (Å²) in [6, 6.07) is 7.71. The van der Waals surface area contributed by atoms with Crippen molar-refractivity contribution < 1.29 is 4.79 Å². The average molecular weight is 232 g/mol. The molecule has 1 N–H and O–H groups in total. The summed E-state index contributed by atoms with van der Waals surface area (Å²) < 4.78 is 0. The lowest BCUT2D eigenvalue weighted by Gasteiger charge is -2.17. The van der Waals surface area contributed by atoms with Crippen LogP contribution >= 0.6 is 0 Å². The van der Waals surface area contributed by atoms with Gasteiger partial charge in [0.15, 0.2) is 0 Å². The Morgan fingerprint density at radius 3 is 2.53 bits per heavy atom. The van der Waals surface area contributed by atoms with Gasteiger partial charge in [0, 0.05) is 31.4 Å². The third kappa shape index (κ3) is 3.22. The predicted octanol–water partition coefficient (Wildman–Crippen LogP) is 2.60. The normalized spacial score (nSPS) is 14.5. The molecule has 1 fully saturated rings. The zero-order valence-electron chi connectivity index (χ0n) is 10.6. The minimum absolute atomic E-state index is 0.125. The van der Waals surface area contributed by atoms with Crippen molar-refractivity contribution >= 4 is 11.6 Å². The topological polar surface area (TPSA) is 32.3 Å². The molecule has 3 nitrogen and oxygen atoms in total. The van der Waals surface area contributed by atoms with E-state index in [-0.39, 0.29) is 5.91 Å². The molecule has 1 aliphatic carbocycles. The first kappa shape index (κ1) is 12.0. The summed E-state index contributed by atoms with van der Waals surface area (Å²) in [6.45, 7) is 3.85. The minimum Gasteiger partial charge on any atom is -0.385 e. The quantitative estimate of drug-likeness (QED) is 0.846. The number of carbonyl (C=O) groups excluding carboxylic acids is 1. The molecule has 0 aromatic heterocycles. The maximum Gasteiger partial charge on any atom is 0.253 e. The third-order valence-electron chi connectivity index (χ3n) is 3.09. The molecule has 0 heterocycles. The van der Waals surface area contributed by atoms with Crippen LogP contribution in [-0.4, -0.2) is 30.9 Å². The lowest BCUT2D eigenvalue weighted by Crippen LogP contribution is -2.28. The summed E-state index contributed by atoms with van der Waals surface area (Å²) in [5.74, 6) is 0.866. The van der Waals surface area contributed by atoms with Crippen LogP contribution in [0.2, 0.25) is 0 Å². The number of anilines is 1. The number of hydrogen-bond donors (Lipinski definition) is 1. The highest BCUT2D eigenvalue weighted by Crippen LogP contribution is 2.29. The molecule has 1 amide bonds. The van der Waals surface area contributed by atoms with Crippen LogP contribution < -0.4 is 5.32 Å². The highest BCUT2D eigenvalue weighted by atomic mass is 16.2. The first-order valence-electron chi connectivity index (χ1n) is 6.30. The number of rotatable bonds is 5. The second kappa shape index (κ2) is 5.21. The van der Waals surface area contributed by atoms with E-state index in [2.05, 4.69) is 12.2 Å². The van der Waals surface area contributed by atoms with E-state index in [4.69, 9.17) is 0 Å². The highest BCUT2D eigenvalue weighted by molar-refractivity contribution is 5.94. The van der Waals surface area contributed by atoms with Crippen LogP contribution in [0.1, 0.15) is 30.1 Å². The number of benzene rings is 1. The van der Waals surface area contributed by atoms with Gasteiger partial charge in [-0.1, -0.05) is 0 Å². The Bertz CT molecular complexity index is 382. The number of amides is 1. The van der Waals surface area contributed by atoms with Crippen molar-refractivity contribution in [3.05, 3.63) is 29.8 Å². The molecule has 1 aromatic rings. The fourth-order valence-corrected chi connectivity index (χ4v) is 1.93. The lowest BCUT2D eigenvalue weighted by atomic mass is 10.2. The van der Waals surface area contributed by atoms with Crippen molar-refractivity contribution in [1.82, 2.24) is 4.90 Å². The van der Waals surface area contributed by atoms with Gasteiger partial charge < -0.3 is 10.2 Å². The summed E-state index contributed by atoms with van der Waals surface area (Å²) in [6.07, 6.45) is 2.55. The summed E-state index contributed by atoms with van der Waals surface area (Å²) in [4.78, 5) is 13.9. The Kier molecular flexibility index (Phi) is 3.67. The summed E-state index contributed by atoms with van der Waals surface area (Å²) in [5.41, 5.74) is 1.84. The molecule has 0 unspecified atom stereocenters. The molecule has 0 bridgehead atoms. The number of hydrogen-bond acceptors (Lipinski definition) is 2. The molecule has 0 atom stereocenters. The van der Waals surface area contributed by atoms with Gasteiger partial charge in [0.05, 0.1) is 0 Å². The van der Waals surface area contributed by atoms with Gasteiger partial charge in [-0.2, -0.15) is 0 Å². The lowest BCUT2D eigenvalue weighted by molar-refractivity contribution is 0.0788. The van der Waals surface area contributed by atoms with Gasteiger partial charge in [0.2, 0.25) is 0 Å². The fourth-order valence-electron chi connectivity index (χ4n) is 1.93. The van der Waals surface area contributed by atoms with Gasteiger partial charge in [-0.15, -0.1) is 0 Å². The summed E-state index contributed by atoms with van der Waals surface area (Å²) >= 11 is 0. The van der Waals surface area contributed by atoms with Gasteiger partial charge in [-0.05, 0) is 49.9 Å². The SMILES string of the molecule is CCNc1ccc(C(=O)N(C)CC2CC2)cc1. The zero-order valence-corrected chi connectivity index (χ0v) is 10.6. The number of nitrogens with one attached hydrogen (secondary N) is 1. The molecule has 2 rings (SSSR count). The maximum atomic E-state index is 12.1. The van der Waals surface area contributed by atoms with E-state index in [1.165, 1.54) is 12.8 Å². The van der Waals surface area contributed by atoms with Crippen molar-refractivity contribution in [3.63, 3.8) is 0 Å². The molecular formula is C14H20N2O. The Labute approximate surface area is 103 Å². The molecule has 0 saturated heterocycles. The zero-order chi connectivity index (χ0) is 12.3. The van der Waals surface area contributed by atoms with Gasteiger partial charge in [0.1, 0.15) is 0 Å². The van der Waals surface area contributed by atoms with Gasteiger partial charge in [0.25, 0.3) is 5.91 Å². The standard InChI is InChI=1S/C14H20N2O/c1-3-15-13-8-6-12(7-9-13)14(17)16(2)10-11-4-5-11/h6-9,11,15H,3-5,10H2,1-2H3. The van der Waals surface area contributed by atoms with Crippen LogP contribution in [0.25, 0.3) is 0 Å². The van der Waals surface area contributed by atoms with E-state index >= 15 is 0 Å². The van der Waals surface area contributed by atoms with Crippen molar-refractivity contribution in [2.75, 3.05) is 25.5 Å². The molecule has 3 heteroatoms. The first-order chi connectivity index (χ1) is 8.20. The van der Waals surface area contributed by atoms with E-state index in [0.29, 0.717) is 0 Å². The molecule has 0 radical (unpaired) electrons. The van der Waals surface area contributed by atoms with Crippen molar-refractivity contribution in [2.45, 2.75) is 19.8 Å². The van der Waals surface area contributed by atoms with Gasteiger partial charge in [-0.25, -0.2) is 0 Å². The van der Waals surface area contributed by atoms with Crippen LogP contribution in [0, 0.1) is 5.92 Å². The average Bonchev–Trinajstić information content (AvgIpc) is 3.13. The van der Waals surface area contributed by atoms with Crippen LogP contribution in [0.4, 0.5) is 5.69 Å². The Morgan fingerprint density at radius 1 is 1.35 bits per heavy atom. The minimum atomic E-state index is 0.125. The molecule has 1 saturated carbocycles. The van der Waals surface area contributed by atoms with Gasteiger partial charge in [-0.3, -0.25) is 4.79 Å². The molecule has 92 valence electrons. The summed E-state index contributed by atoms with van der Waals surface area (Å²) in [5, 5.41) is 3.22. The van der Waals surface area contributed by atoms with E-state index in [1.54, 1.807) is 0 Å². The van der Waals surface area contributed by atoms with Crippen molar-refractivity contribution in [2.24, 2.45) is 5.92 Å². The number of carbonyl (C=O) groups is 1. The molecule has 1 aromatic carbocycles. The van der Waals surface area contributed by atoms with Crippen molar-refractivity contribution in [1.29, 1.82) is 0 Å². The highest BCUT2D eigenvalue weighted by Gasteiger charge is 2.25. The third-order valence-corrected chi connectivity index (χ3v) is 3.09. The largest absolute Gasteiger partial charge is 0.385 e. The van der Waals surface area contributed by atoms with Crippen molar-refractivity contribution in [3.8, 4) is 0 Å². The van der Waals surface area contributed by atoms with Gasteiger partial charge >= 0.3 is 0 Å². The van der Waals surface area contributed by atoms with Crippen LogP contribution in [-0.2, 0) is 0 Å². The molecule has 0 aliphatic heterocycles.